The van der Waals surface area contributed by atoms with E-state index in [1.165, 1.54) is 4.31 Å². The highest BCUT2D eigenvalue weighted by Gasteiger charge is 2.37. The third-order valence-electron chi connectivity index (χ3n) is 9.56. The van der Waals surface area contributed by atoms with Crippen molar-refractivity contribution in [3.05, 3.63) is 60.2 Å². The Kier molecular flexibility index (Phi) is 8.26. The molecule has 0 N–H and O–H groups in total. The van der Waals surface area contributed by atoms with E-state index in [2.05, 4.69) is 35.2 Å². The standard InChI is InChI=1S/C33H42N4O4S/c1-24(2)42(40,41)37-20-18-35(19-21-37)32(38)27-10-7-15-36(23-27)28-13-16-34(17-14-28)33(39)31-29-11-5-3-8-25(29)22-26-9-4-6-12-30(26)31/h3-6,8-9,11-12,22,24,27-28H,7,10,13-21,23H2,1-2H3/t27-/m1/s1. The molecule has 3 fully saturated rings. The Labute approximate surface area is 249 Å². The molecular formula is C33H42N4O4S. The fraction of sp³-hybridized carbons (Fsp3) is 0.515. The lowest BCUT2D eigenvalue weighted by atomic mass is 9.92. The van der Waals surface area contributed by atoms with Crippen molar-refractivity contribution >= 4 is 43.4 Å². The van der Waals surface area contributed by atoms with Crippen LogP contribution in [0.1, 0.15) is 49.9 Å². The molecule has 3 heterocycles. The zero-order chi connectivity index (χ0) is 29.4. The Balaban J connectivity index is 1.08. The fourth-order valence-electron chi connectivity index (χ4n) is 7.10. The molecule has 42 heavy (non-hydrogen) atoms. The smallest absolute Gasteiger partial charge is 0.255 e. The van der Waals surface area contributed by atoms with E-state index in [1.807, 2.05) is 34.1 Å². The second-order valence-electron chi connectivity index (χ2n) is 12.4. The monoisotopic (exact) mass is 590 g/mol. The van der Waals surface area contributed by atoms with Crippen LogP contribution >= 0.6 is 0 Å². The van der Waals surface area contributed by atoms with Crippen LogP contribution in [0, 0.1) is 5.92 Å². The highest BCUT2D eigenvalue weighted by molar-refractivity contribution is 7.89. The maximum absolute atomic E-state index is 14.0. The first-order chi connectivity index (χ1) is 20.2. The van der Waals surface area contributed by atoms with Gasteiger partial charge in [-0.15, -0.1) is 0 Å². The molecule has 0 saturated carbocycles. The van der Waals surface area contributed by atoms with E-state index < -0.39 is 15.3 Å². The van der Waals surface area contributed by atoms with Crippen molar-refractivity contribution < 1.29 is 18.0 Å². The number of carbonyl (C=O) groups is 2. The van der Waals surface area contributed by atoms with Crippen LogP contribution in [-0.2, 0) is 14.8 Å². The molecule has 0 radical (unpaired) electrons. The number of fused-ring (bicyclic) bond motifs is 2. The summed E-state index contributed by atoms with van der Waals surface area (Å²) in [7, 11) is -3.29. The molecule has 0 aromatic heterocycles. The maximum Gasteiger partial charge on any atom is 0.255 e. The normalized spacial score (nSPS) is 21.8. The maximum atomic E-state index is 14.0. The van der Waals surface area contributed by atoms with Gasteiger partial charge >= 0.3 is 0 Å². The van der Waals surface area contributed by atoms with Crippen LogP contribution in [0.4, 0.5) is 0 Å². The van der Waals surface area contributed by atoms with Gasteiger partial charge in [0.2, 0.25) is 15.9 Å². The predicted octanol–water partition coefficient (Wildman–Crippen LogP) is 4.19. The molecule has 0 aliphatic carbocycles. The van der Waals surface area contributed by atoms with Gasteiger partial charge in [-0.3, -0.25) is 14.5 Å². The number of sulfonamides is 1. The number of hydrogen-bond donors (Lipinski definition) is 0. The highest BCUT2D eigenvalue weighted by atomic mass is 32.2. The van der Waals surface area contributed by atoms with E-state index in [0.29, 0.717) is 45.3 Å². The Morgan fingerprint density at radius 3 is 1.95 bits per heavy atom. The van der Waals surface area contributed by atoms with Crippen molar-refractivity contribution in [3.8, 4) is 0 Å². The van der Waals surface area contributed by atoms with Crippen LogP contribution in [0.2, 0.25) is 0 Å². The Bertz CT molecular complexity index is 1520. The first kappa shape index (κ1) is 29.1. The molecular weight excluding hydrogens is 548 g/mol. The van der Waals surface area contributed by atoms with Crippen LogP contribution in [-0.4, -0.2) is 103 Å². The second kappa shape index (κ2) is 11.9. The molecule has 0 unspecified atom stereocenters. The molecule has 9 heteroatoms. The number of benzene rings is 3. The summed E-state index contributed by atoms with van der Waals surface area (Å²) in [5.74, 6) is 0.220. The summed E-state index contributed by atoms with van der Waals surface area (Å²) in [5, 5.41) is 3.73. The average molecular weight is 591 g/mol. The van der Waals surface area contributed by atoms with E-state index in [4.69, 9.17) is 0 Å². The van der Waals surface area contributed by atoms with Crippen molar-refractivity contribution in [3.63, 3.8) is 0 Å². The van der Waals surface area contributed by atoms with Crippen molar-refractivity contribution in [2.45, 2.75) is 50.8 Å². The Morgan fingerprint density at radius 1 is 0.762 bits per heavy atom. The molecule has 2 amide bonds. The SMILES string of the molecule is CC(C)S(=O)(=O)N1CCN(C(=O)[C@@H]2CCCN(C3CCN(C(=O)c4c5ccccc5cc5ccccc45)CC3)C2)CC1. The van der Waals surface area contributed by atoms with E-state index in [0.717, 1.165) is 65.9 Å². The third kappa shape index (κ3) is 5.54. The number of rotatable bonds is 5. The summed E-state index contributed by atoms with van der Waals surface area (Å²) in [4.78, 5) is 33.8. The molecule has 8 nitrogen and oxygen atoms in total. The Hall–Kier alpha value is -3.01. The topological polar surface area (TPSA) is 81.2 Å². The molecule has 3 aliphatic rings. The van der Waals surface area contributed by atoms with Crippen molar-refractivity contribution in [1.29, 1.82) is 0 Å². The second-order valence-corrected chi connectivity index (χ2v) is 14.9. The number of piperazine rings is 1. The molecule has 6 rings (SSSR count). The summed E-state index contributed by atoms with van der Waals surface area (Å²) in [5.41, 5.74) is 0.798. The number of likely N-dealkylation sites (tertiary alicyclic amines) is 2. The van der Waals surface area contributed by atoms with Crippen LogP contribution in [0.3, 0.4) is 0 Å². The first-order valence-corrected chi connectivity index (χ1v) is 17.0. The number of nitrogens with zero attached hydrogens (tertiary/aromatic N) is 4. The first-order valence-electron chi connectivity index (χ1n) is 15.5. The fourth-order valence-corrected chi connectivity index (χ4v) is 8.36. The zero-order valence-electron chi connectivity index (χ0n) is 24.7. The number of amides is 2. The van der Waals surface area contributed by atoms with Crippen molar-refractivity contribution in [2.75, 3.05) is 52.4 Å². The third-order valence-corrected chi connectivity index (χ3v) is 11.8. The Morgan fingerprint density at radius 2 is 1.36 bits per heavy atom. The van der Waals surface area contributed by atoms with Crippen molar-refractivity contribution in [1.82, 2.24) is 19.0 Å². The molecule has 1 atom stereocenters. The van der Waals surface area contributed by atoms with Crippen LogP contribution in [0.25, 0.3) is 21.5 Å². The van der Waals surface area contributed by atoms with Gasteiger partial charge < -0.3 is 9.80 Å². The lowest BCUT2D eigenvalue weighted by Crippen LogP contribution is -2.55. The summed E-state index contributed by atoms with van der Waals surface area (Å²) in [6.45, 7) is 8.24. The van der Waals surface area contributed by atoms with Gasteiger partial charge in [0.15, 0.2) is 0 Å². The highest BCUT2D eigenvalue weighted by Crippen LogP contribution is 2.31. The summed E-state index contributed by atoms with van der Waals surface area (Å²) in [6.07, 6.45) is 3.67. The van der Waals surface area contributed by atoms with Gasteiger partial charge in [0.25, 0.3) is 5.91 Å². The van der Waals surface area contributed by atoms with Gasteiger partial charge in [-0.2, -0.15) is 4.31 Å². The largest absolute Gasteiger partial charge is 0.340 e. The molecule has 3 aromatic carbocycles. The molecule has 3 saturated heterocycles. The minimum absolute atomic E-state index is 0.0475. The van der Waals surface area contributed by atoms with Gasteiger partial charge in [0, 0.05) is 51.9 Å². The number of hydrogen-bond acceptors (Lipinski definition) is 5. The zero-order valence-corrected chi connectivity index (χ0v) is 25.6. The van der Waals surface area contributed by atoms with Gasteiger partial charge in [-0.1, -0.05) is 48.5 Å². The minimum Gasteiger partial charge on any atom is -0.340 e. The molecule has 0 bridgehead atoms. The van der Waals surface area contributed by atoms with Crippen LogP contribution in [0.15, 0.2) is 54.6 Å². The summed E-state index contributed by atoms with van der Waals surface area (Å²) >= 11 is 0. The lowest BCUT2D eigenvalue weighted by Gasteiger charge is -2.43. The minimum atomic E-state index is -3.29. The van der Waals surface area contributed by atoms with Gasteiger partial charge in [-0.25, -0.2) is 8.42 Å². The van der Waals surface area contributed by atoms with Gasteiger partial charge in [-0.05, 0) is 73.7 Å². The van der Waals surface area contributed by atoms with E-state index in [1.54, 1.807) is 13.8 Å². The summed E-state index contributed by atoms with van der Waals surface area (Å²) < 4.78 is 26.6. The average Bonchev–Trinajstić information content (AvgIpc) is 3.03. The number of piperidine rings is 2. The quantitative estimate of drug-likeness (QED) is 0.417. The molecule has 3 aromatic rings. The van der Waals surface area contributed by atoms with E-state index >= 15 is 0 Å². The van der Waals surface area contributed by atoms with Crippen molar-refractivity contribution in [2.24, 2.45) is 5.92 Å². The predicted molar refractivity (Wildman–Crippen MR) is 167 cm³/mol. The van der Waals surface area contributed by atoms with Crippen LogP contribution in [0.5, 0.6) is 0 Å². The molecule has 3 aliphatic heterocycles. The molecule has 224 valence electrons. The van der Waals surface area contributed by atoms with E-state index in [-0.39, 0.29) is 17.7 Å². The molecule has 0 spiro atoms. The van der Waals surface area contributed by atoms with E-state index in [9.17, 15) is 18.0 Å². The summed E-state index contributed by atoms with van der Waals surface area (Å²) in [6, 6.07) is 18.8. The van der Waals surface area contributed by atoms with Gasteiger partial charge in [0.1, 0.15) is 0 Å². The number of carbonyl (C=O) groups excluding carboxylic acids is 2. The van der Waals surface area contributed by atoms with Crippen LogP contribution < -0.4 is 0 Å². The van der Waals surface area contributed by atoms with Gasteiger partial charge in [0.05, 0.1) is 16.7 Å². The lowest BCUT2D eigenvalue weighted by molar-refractivity contribution is -0.139.